The summed E-state index contributed by atoms with van der Waals surface area (Å²) in [6, 6.07) is 12.1. The van der Waals surface area contributed by atoms with Gasteiger partial charge in [-0.2, -0.15) is 0 Å². The third kappa shape index (κ3) is 3.55. The van der Waals surface area contributed by atoms with Gasteiger partial charge in [-0.1, -0.05) is 12.1 Å². The molecule has 1 N–H and O–H groups in total. The molecule has 0 bridgehead atoms. The van der Waals surface area contributed by atoms with E-state index in [4.69, 9.17) is 18.9 Å². The van der Waals surface area contributed by atoms with Crippen LogP contribution in [0.5, 0.6) is 23.0 Å². The fourth-order valence-corrected chi connectivity index (χ4v) is 3.92. The van der Waals surface area contributed by atoms with Gasteiger partial charge in [0.1, 0.15) is 11.5 Å². The number of methoxy groups -OCH3 is 2. The predicted octanol–water partition coefficient (Wildman–Crippen LogP) is 2.82. The van der Waals surface area contributed by atoms with Crippen LogP contribution in [-0.2, 0) is 0 Å². The zero-order valence-electron chi connectivity index (χ0n) is 15.9. The Morgan fingerprint density at radius 1 is 0.963 bits per heavy atom. The van der Waals surface area contributed by atoms with E-state index in [9.17, 15) is 0 Å². The minimum absolute atomic E-state index is 0.00509. The first-order valence-electron chi connectivity index (χ1n) is 9.37. The highest BCUT2D eigenvalue weighted by Crippen LogP contribution is 2.43. The van der Waals surface area contributed by atoms with E-state index in [1.54, 1.807) is 14.2 Å². The van der Waals surface area contributed by atoms with E-state index in [-0.39, 0.29) is 12.8 Å². The van der Waals surface area contributed by atoms with Crippen molar-refractivity contribution in [3.8, 4) is 23.0 Å². The average molecular weight is 370 g/mol. The van der Waals surface area contributed by atoms with Crippen LogP contribution >= 0.6 is 0 Å². The van der Waals surface area contributed by atoms with Crippen LogP contribution in [0.2, 0.25) is 0 Å². The van der Waals surface area contributed by atoms with Crippen molar-refractivity contribution in [2.24, 2.45) is 0 Å². The number of hydrogen-bond acceptors (Lipinski definition) is 6. The van der Waals surface area contributed by atoms with Gasteiger partial charge in [-0.3, -0.25) is 4.90 Å². The van der Waals surface area contributed by atoms with Crippen molar-refractivity contribution in [3.63, 3.8) is 0 Å². The van der Waals surface area contributed by atoms with Gasteiger partial charge in [0.05, 0.1) is 25.8 Å². The number of rotatable bonds is 5. The van der Waals surface area contributed by atoms with E-state index in [2.05, 4.69) is 22.3 Å². The predicted molar refractivity (Wildman–Crippen MR) is 103 cm³/mol. The smallest absolute Gasteiger partial charge is 0.231 e. The van der Waals surface area contributed by atoms with Gasteiger partial charge >= 0.3 is 0 Å². The largest absolute Gasteiger partial charge is 0.496 e. The highest BCUT2D eigenvalue weighted by atomic mass is 16.7. The molecule has 6 heteroatoms. The molecule has 0 saturated carbocycles. The van der Waals surface area contributed by atoms with Crippen LogP contribution < -0.4 is 24.3 Å². The summed E-state index contributed by atoms with van der Waals surface area (Å²) in [6.07, 6.45) is 1.10. The Morgan fingerprint density at radius 3 is 2.52 bits per heavy atom. The van der Waals surface area contributed by atoms with Crippen LogP contribution in [-0.4, -0.2) is 52.1 Å². The maximum atomic E-state index is 5.73. The number of nitrogens with zero attached hydrogens (tertiary/aromatic N) is 1. The van der Waals surface area contributed by atoms with Gasteiger partial charge in [0, 0.05) is 19.6 Å². The molecule has 4 rings (SSSR count). The van der Waals surface area contributed by atoms with E-state index < -0.39 is 0 Å². The van der Waals surface area contributed by atoms with Crippen LogP contribution in [0.1, 0.15) is 23.6 Å². The topological polar surface area (TPSA) is 52.2 Å². The minimum atomic E-state index is 0.00509. The summed E-state index contributed by atoms with van der Waals surface area (Å²) in [6.45, 7) is 4.20. The zero-order valence-corrected chi connectivity index (χ0v) is 15.9. The first kappa shape index (κ1) is 17.9. The van der Waals surface area contributed by atoms with Crippen molar-refractivity contribution in [1.29, 1.82) is 0 Å². The van der Waals surface area contributed by atoms with Crippen molar-refractivity contribution in [2.75, 3.05) is 47.2 Å². The summed E-state index contributed by atoms with van der Waals surface area (Å²) in [7, 11) is 3.41. The molecule has 2 heterocycles. The summed E-state index contributed by atoms with van der Waals surface area (Å²) in [5.74, 6) is 3.24. The molecule has 1 fully saturated rings. The third-order valence-corrected chi connectivity index (χ3v) is 5.19. The number of nitrogens with one attached hydrogen (secondary N) is 1. The fourth-order valence-electron chi connectivity index (χ4n) is 3.92. The molecule has 2 aliphatic rings. The Bertz CT molecular complexity index is 765. The fraction of sp³-hybridized carbons (Fsp3) is 0.429. The molecular weight excluding hydrogens is 344 g/mol. The molecule has 2 aliphatic heterocycles. The van der Waals surface area contributed by atoms with Gasteiger partial charge in [0.2, 0.25) is 6.79 Å². The lowest BCUT2D eigenvalue weighted by Crippen LogP contribution is -2.33. The van der Waals surface area contributed by atoms with Crippen molar-refractivity contribution < 1.29 is 18.9 Å². The van der Waals surface area contributed by atoms with Crippen molar-refractivity contribution in [2.45, 2.75) is 12.5 Å². The van der Waals surface area contributed by atoms with Crippen LogP contribution in [0.4, 0.5) is 0 Å². The first-order chi connectivity index (χ1) is 13.3. The molecule has 1 saturated heterocycles. The van der Waals surface area contributed by atoms with Crippen molar-refractivity contribution in [1.82, 2.24) is 10.2 Å². The molecule has 1 unspecified atom stereocenters. The van der Waals surface area contributed by atoms with E-state index >= 15 is 0 Å². The molecule has 2 aromatic rings. The molecule has 144 valence electrons. The van der Waals surface area contributed by atoms with E-state index in [0.29, 0.717) is 0 Å². The SMILES string of the molecule is COc1cccc(OC)c1C(c1ccc2c(c1)OCO2)N1CCCNCC1. The average Bonchev–Trinajstić information content (AvgIpc) is 3.02. The lowest BCUT2D eigenvalue weighted by Gasteiger charge is -2.33. The standard InChI is InChI=1S/C21H26N2O4/c1-24-17-5-3-6-18(25-2)20(17)21(23-11-4-9-22-10-12-23)15-7-8-16-19(13-15)27-14-26-16/h3,5-8,13,21-22H,4,9-12,14H2,1-2H3. The number of hydrogen-bond donors (Lipinski definition) is 1. The third-order valence-electron chi connectivity index (χ3n) is 5.19. The Hall–Kier alpha value is -2.44. The van der Waals surface area contributed by atoms with Gasteiger partial charge in [-0.05, 0) is 42.8 Å². The monoisotopic (exact) mass is 370 g/mol. The normalized spacial score (nSPS) is 18.0. The molecule has 0 radical (unpaired) electrons. The van der Waals surface area contributed by atoms with Gasteiger partial charge in [0.25, 0.3) is 0 Å². The van der Waals surface area contributed by atoms with E-state index in [0.717, 1.165) is 66.7 Å². The van der Waals surface area contributed by atoms with Gasteiger partial charge in [-0.25, -0.2) is 0 Å². The van der Waals surface area contributed by atoms with Crippen LogP contribution in [0.3, 0.4) is 0 Å². The Labute approximate surface area is 160 Å². The second-order valence-electron chi connectivity index (χ2n) is 6.73. The highest BCUT2D eigenvalue weighted by molar-refractivity contribution is 5.53. The second-order valence-corrected chi connectivity index (χ2v) is 6.73. The Balaban J connectivity index is 1.84. The van der Waals surface area contributed by atoms with Crippen LogP contribution in [0.25, 0.3) is 0 Å². The maximum Gasteiger partial charge on any atom is 0.231 e. The second kappa shape index (κ2) is 8.06. The first-order valence-corrected chi connectivity index (χ1v) is 9.37. The molecule has 0 amide bonds. The quantitative estimate of drug-likeness (QED) is 0.874. The zero-order chi connectivity index (χ0) is 18.6. The summed E-state index contributed by atoms with van der Waals surface area (Å²) in [5.41, 5.74) is 2.19. The molecule has 0 spiro atoms. The highest BCUT2D eigenvalue weighted by Gasteiger charge is 2.30. The number of fused-ring (bicyclic) bond motifs is 1. The Morgan fingerprint density at radius 2 is 1.74 bits per heavy atom. The minimum Gasteiger partial charge on any atom is -0.496 e. The van der Waals surface area contributed by atoms with Crippen molar-refractivity contribution in [3.05, 3.63) is 47.5 Å². The molecule has 0 aliphatic carbocycles. The molecule has 27 heavy (non-hydrogen) atoms. The summed E-state index contributed by atoms with van der Waals surface area (Å²) in [5, 5.41) is 3.49. The van der Waals surface area contributed by atoms with Crippen molar-refractivity contribution >= 4 is 0 Å². The Kier molecular flexibility index (Phi) is 5.36. The maximum absolute atomic E-state index is 5.73. The van der Waals surface area contributed by atoms with Gasteiger partial charge in [0.15, 0.2) is 11.5 Å². The lowest BCUT2D eigenvalue weighted by molar-refractivity contribution is 0.173. The van der Waals surface area contributed by atoms with Crippen LogP contribution in [0, 0.1) is 0 Å². The summed E-state index contributed by atoms with van der Waals surface area (Å²) >= 11 is 0. The molecular formula is C21H26N2O4. The lowest BCUT2D eigenvalue weighted by atomic mass is 9.94. The number of benzene rings is 2. The molecule has 0 aromatic heterocycles. The molecule has 6 nitrogen and oxygen atoms in total. The van der Waals surface area contributed by atoms with E-state index in [1.165, 1.54) is 0 Å². The van der Waals surface area contributed by atoms with Gasteiger partial charge in [-0.15, -0.1) is 0 Å². The molecule has 1 atom stereocenters. The van der Waals surface area contributed by atoms with Crippen LogP contribution in [0.15, 0.2) is 36.4 Å². The van der Waals surface area contributed by atoms with E-state index in [1.807, 2.05) is 24.3 Å². The van der Waals surface area contributed by atoms with Gasteiger partial charge < -0.3 is 24.3 Å². The number of ether oxygens (including phenoxy) is 4. The summed E-state index contributed by atoms with van der Waals surface area (Å²) < 4.78 is 22.6. The molecule has 2 aromatic carbocycles. The summed E-state index contributed by atoms with van der Waals surface area (Å²) in [4.78, 5) is 2.48.